The summed E-state index contributed by atoms with van der Waals surface area (Å²) in [6.45, 7) is 4.76. The highest BCUT2D eigenvalue weighted by Gasteiger charge is 2.27. The van der Waals surface area contributed by atoms with Gasteiger partial charge in [-0.1, -0.05) is 268 Å². The summed E-state index contributed by atoms with van der Waals surface area (Å²) in [5, 5.41) is 13.8. The van der Waals surface area contributed by atoms with Crippen LogP contribution in [-0.2, 0) is 18.4 Å². The van der Waals surface area contributed by atoms with Crippen LogP contribution in [0.4, 0.5) is 0 Å². The SMILES string of the molecule is CCCCCC/C=C/CC/C=C/C(O)C(COP(=O)(O)OCC[N+](C)(C)C)NC(=O)CCCCCCCCCCCCCCCCCCCCCCCCCCCCC/C=C\C/C=C\CCCCCCC. The normalized spacial score (nSPS) is 14.2. The highest BCUT2D eigenvalue weighted by Crippen LogP contribution is 2.43. The number of carbonyl (C=O) groups excluding carboxylic acids is 1. The molecular weight excluding hydrogens is 900 g/mol. The van der Waals surface area contributed by atoms with Crippen molar-refractivity contribution in [1.29, 1.82) is 0 Å². The number of phosphoric acid groups is 1. The van der Waals surface area contributed by atoms with Crippen LogP contribution in [0.15, 0.2) is 48.6 Å². The maximum Gasteiger partial charge on any atom is 0.472 e. The van der Waals surface area contributed by atoms with Gasteiger partial charge in [0.15, 0.2) is 0 Å². The molecule has 3 N–H and O–H groups in total. The number of rotatable bonds is 56. The molecule has 0 saturated heterocycles. The highest BCUT2D eigenvalue weighted by molar-refractivity contribution is 7.47. The quantitative estimate of drug-likeness (QED) is 0.0243. The Hall–Kier alpha value is -1.54. The average Bonchev–Trinajstić information content (AvgIpc) is 3.33. The summed E-state index contributed by atoms with van der Waals surface area (Å²) in [4.78, 5) is 23.2. The van der Waals surface area contributed by atoms with Crippen molar-refractivity contribution >= 4 is 13.7 Å². The van der Waals surface area contributed by atoms with Crippen molar-refractivity contribution in [3.05, 3.63) is 48.6 Å². The zero-order valence-electron chi connectivity index (χ0n) is 47.7. The molecule has 0 aromatic carbocycles. The molecule has 3 unspecified atom stereocenters. The molecule has 0 aliphatic heterocycles. The molecule has 0 aliphatic rings. The van der Waals surface area contributed by atoms with Crippen LogP contribution in [-0.4, -0.2) is 73.4 Å². The summed E-state index contributed by atoms with van der Waals surface area (Å²) >= 11 is 0. The van der Waals surface area contributed by atoms with Crippen LogP contribution in [0.1, 0.15) is 290 Å². The molecule has 9 heteroatoms. The second-order valence-electron chi connectivity index (χ2n) is 22.1. The van der Waals surface area contributed by atoms with E-state index in [9.17, 15) is 19.4 Å². The van der Waals surface area contributed by atoms with Crippen molar-refractivity contribution in [2.75, 3.05) is 40.9 Å². The van der Waals surface area contributed by atoms with Gasteiger partial charge in [0.2, 0.25) is 5.91 Å². The van der Waals surface area contributed by atoms with Gasteiger partial charge < -0.3 is 19.8 Å². The van der Waals surface area contributed by atoms with E-state index in [0.29, 0.717) is 17.4 Å². The number of hydrogen-bond donors (Lipinski definition) is 3. The Balaban J connectivity index is 3.81. The Kier molecular flexibility index (Phi) is 52.1. The number of hydrogen-bond acceptors (Lipinski definition) is 5. The first-order valence-electron chi connectivity index (χ1n) is 30.5. The molecular formula is C62H120N2O6P+. The number of aliphatic hydroxyl groups is 1. The molecule has 1 amide bonds. The van der Waals surface area contributed by atoms with E-state index in [0.717, 1.165) is 44.9 Å². The lowest BCUT2D eigenvalue weighted by Crippen LogP contribution is -2.45. The standard InChI is InChI=1S/C62H119N2O6P/c1-6-8-10-12-14-16-18-19-20-21-22-23-24-25-26-27-28-29-30-31-32-33-34-35-36-37-38-39-40-41-42-43-44-45-46-48-50-52-54-56-62(66)63-60(59-70-71(67,68)69-58-57-64(3,4)5)61(65)55-53-51-49-47-17-15-13-11-9-7-2/h17-19,21-22,47,53,55,60-61,65H,6-16,20,23-46,48-52,54,56-59H2,1-5H3,(H-,63,66,67,68)/p+1/b19-18-,22-21-,47-17+,55-53+. The van der Waals surface area contributed by atoms with Crippen LogP contribution in [0.2, 0.25) is 0 Å². The van der Waals surface area contributed by atoms with E-state index in [1.165, 1.54) is 225 Å². The summed E-state index contributed by atoms with van der Waals surface area (Å²) in [7, 11) is 1.56. The fourth-order valence-corrected chi connectivity index (χ4v) is 9.71. The van der Waals surface area contributed by atoms with E-state index in [-0.39, 0.29) is 19.1 Å². The molecule has 0 spiro atoms. The smallest absolute Gasteiger partial charge is 0.387 e. The van der Waals surface area contributed by atoms with Gasteiger partial charge in [-0.15, -0.1) is 0 Å². The minimum atomic E-state index is -4.35. The van der Waals surface area contributed by atoms with Crippen LogP contribution in [0, 0.1) is 0 Å². The fourth-order valence-electron chi connectivity index (χ4n) is 8.97. The van der Waals surface area contributed by atoms with E-state index in [2.05, 4.69) is 55.6 Å². The molecule has 0 aromatic heterocycles. The minimum Gasteiger partial charge on any atom is -0.387 e. The minimum absolute atomic E-state index is 0.0570. The molecule has 0 heterocycles. The Labute approximate surface area is 441 Å². The monoisotopic (exact) mass is 1020 g/mol. The molecule has 0 aliphatic carbocycles. The molecule has 418 valence electrons. The van der Waals surface area contributed by atoms with Crippen LogP contribution < -0.4 is 5.32 Å². The van der Waals surface area contributed by atoms with Crippen molar-refractivity contribution < 1.29 is 32.9 Å². The van der Waals surface area contributed by atoms with E-state index in [1.54, 1.807) is 6.08 Å². The largest absolute Gasteiger partial charge is 0.472 e. The lowest BCUT2D eigenvalue weighted by Gasteiger charge is -2.25. The van der Waals surface area contributed by atoms with E-state index in [4.69, 9.17) is 9.05 Å². The van der Waals surface area contributed by atoms with Crippen LogP contribution in [0.5, 0.6) is 0 Å². The third-order valence-corrected chi connectivity index (χ3v) is 14.8. The summed E-state index contributed by atoms with van der Waals surface area (Å²) in [5.74, 6) is -0.185. The van der Waals surface area contributed by atoms with E-state index >= 15 is 0 Å². The Morgan fingerprint density at radius 3 is 1.23 bits per heavy atom. The third-order valence-electron chi connectivity index (χ3n) is 13.8. The van der Waals surface area contributed by atoms with Crippen molar-refractivity contribution in [2.45, 2.75) is 302 Å². The summed E-state index contributed by atoms with van der Waals surface area (Å²) < 4.78 is 23.6. The number of likely N-dealkylation sites (N-methyl/N-ethyl adjacent to an activating group) is 1. The molecule has 3 atom stereocenters. The van der Waals surface area contributed by atoms with Gasteiger partial charge in [0.25, 0.3) is 0 Å². The zero-order chi connectivity index (χ0) is 52.0. The van der Waals surface area contributed by atoms with Gasteiger partial charge in [0, 0.05) is 6.42 Å². The number of quaternary nitrogens is 1. The fraction of sp³-hybridized carbons (Fsp3) is 0.855. The van der Waals surface area contributed by atoms with Gasteiger partial charge in [0.1, 0.15) is 13.2 Å². The number of aliphatic hydroxyl groups excluding tert-OH is 1. The second kappa shape index (κ2) is 53.3. The van der Waals surface area contributed by atoms with Gasteiger partial charge in [-0.3, -0.25) is 13.8 Å². The molecule has 0 saturated carbocycles. The van der Waals surface area contributed by atoms with E-state index < -0.39 is 20.0 Å². The summed E-state index contributed by atoms with van der Waals surface area (Å²) in [6, 6.07) is -0.860. The highest BCUT2D eigenvalue weighted by atomic mass is 31.2. The lowest BCUT2D eigenvalue weighted by atomic mass is 10.0. The van der Waals surface area contributed by atoms with Gasteiger partial charge in [-0.2, -0.15) is 0 Å². The maximum atomic E-state index is 12.9. The predicted molar refractivity (Wildman–Crippen MR) is 309 cm³/mol. The number of phosphoric ester groups is 1. The number of allylic oxidation sites excluding steroid dienone is 7. The van der Waals surface area contributed by atoms with Crippen molar-refractivity contribution in [2.24, 2.45) is 0 Å². The first-order chi connectivity index (χ1) is 34.5. The topological polar surface area (TPSA) is 105 Å². The van der Waals surface area contributed by atoms with Gasteiger partial charge in [-0.05, 0) is 64.2 Å². The first-order valence-corrected chi connectivity index (χ1v) is 32.0. The molecule has 8 nitrogen and oxygen atoms in total. The zero-order valence-corrected chi connectivity index (χ0v) is 48.6. The first kappa shape index (κ1) is 69.5. The number of amides is 1. The number of carbonyl (C=O) groups is 1. The van der Waals surface area contributed by atoms with Crippen molar-refractivity contribution in [1.82, 2.24) is 5.32 Å². The second-order valence-corrected chi connectivity index (χ2v) is 23.5. The van der Waals surface area contributed by atoms with Crippen molar-refractivity contribution in [3.8, 4) is 0 Å². The molecule has 71 heavy (non-hydrogen) atoms. The summed E-state index contributed by atoms with van der Waals surface area (Å²) in [5.41, 5.74) is 0. The molecule has 0 aromatic rings. The van der Waals surface area contributed by atoms with Gasteiger partial charge in [-0.25, -0.2) is 4.57 Å². The predicted octanol–water partition coefficient (Wildman–Crippen LogP) is 18.7. The van der Waals surface area contributed by atoms with Crippen LogP contribution in [0.3, 0.4) is 0 Å². The number of nitrogens with zero attached hydrogens (tertiary/aromatic N) is 1. The lowest BCUT2D eigenvalue weighted by molar-refractivity contribution is -0.870. The van der Waals surface area contributed by atoms with Crippen molar-refractivity contribution in [3.63, 3.8) is 0 Å². The average molecular weight is 1020 g/mol. The summed E-state index contributed by atoms with van der Waals surface area (Å²) in [6.07, 6.45) is 71.3. The Bertz CT molecular complexity index is 1290. The van der Waals surface area contributed by atoms with E-state index in [1.807, 2.05) is 27.2 Å². The number of nitrogens with one attached hydrogen (secondary N) is 1. The molecule has 0 radical (unpaired) electrons. The Morgan fingerprint density at radius 1 is 0.479 bits per heavy atom. The van der Waals surface area contributed by atoms with Gasteiger partial charge in [0.05, 0.1) is 39.9 Å². The number of unbranched alkanes of at least 4 members (excludes halogenated alkanes) is 37. The van der Waals surface area contributed by atoms with Crippen LogP contribution >= 0.6 is 7.82 Å². The molecule has 0 bridgehead atoms. The third kappa shape index (κ3) is 56.0. The molecule has 0 fully saturated rings. The molecule has 0 rings (SSSR count). The maximum absolute atomic E-state index is 12.9. The van der Waals surface area contributed by atoms with Crippen LogP contribution in [0.25, 0.3) is 0 Å². The Morgan fingerprint density at radius 2 is 0.817 bits per heavy atom. The van der Waals surface area contributed by atoms with Gasteiger partial charge >= 0.3 is 7.82 Å².